The molecular formula is C15H18N2O2. The maximum absolute atomic E-state index is 12.0. The molecular weight excluding hydrogens is 240 g/mol. The normalized spacial score (nSPS) is 18.9. The van der Waals surface area contributed by atoms with Crippen LogP contribution in [-0.4, -0.2) is 36.6 Å². The van der Waals surface area contributed by atoms with E-state index < -0.39 is 6.10 Å². The molecule has 0 spiro atoms. The number of benzene rings is 1. The summed E-state index contributed by atoms with van der Waals surface area (Å²) in [6, 6.07) is 12.2. The van der Waals surface area contributed by atoms with Gasteiger partial charge >= 0.3 is 0 Å². The van der Waals surface area contributed by atoms with Crippen LogP contribution in [0.25, 0.3) is 0 Å². The van der Waals surface area contributed by atoms with Gasteiger partial charge in [0.05, 0.1) is 19.2 Å². The Morgan fingerprint density at radius 1 is 1.42 bits per heavy atom. The average Bonchev–Trinajstić information content (AvgIpc) is 2.48. The van der Waals surface area contributed by atoms with Gasteiger partial charge in [0.2, 0.25) is 5.91 Å². The second-order valence-electron chi connectivity index (χ2n) is 4.67. The van der Waals surface area contributed by atoms with Crippen molar-refractivity contribution in [2.24, 2.45) is 0 Å². The largest absolute Gasteiger partial charge is 0.360 e. The summed E-state index contributed by atoms with van der Waals surface area (Å²) in [5.41, 5.74) is 1.26. The van der Waals surface area contributed by atoms with E-state index in [2.05, 4.69) is 18.2 Å². The van der Waals surface area contributed by atoms with Crippen LogP contribution in [0.3, 0.4) is 0 Å². The van der Waals surface area contributed by atoms with E-state index in [1.165, 1.54) is 5.56 Å². The lowest BCUT2D eigenvalue weighted by atomic mass is 10.1. The summed E-state index contributed by atoms with van der Waals surface area (Å²) in [6.07, 6.45) is 1.83. The van der Waals surface area contributed by atoms with Crippen LogP contribution in [0.15, 0.2) is 30.3 Å². The molecule has 0 radical (unpaired) electrons. The Hall–Kier alpha value is -1.86. The number of rotatable bonds is 4. The Labute approximate surface area is 113 Å². The highest BCUT2D eigenvalue weighted by Gasteiger charge is 2.23. The molecule has 1 saturated heterocycles. The fourth-order valence-corrected chi connectivity index (χ4v) is 2.20. The highest BCUT2D eigenvalue weighted by atomic mass is 16.5. The summed E-state index contributed by atoms with van der Waals surface area (Å²) in [7, 11) is 0. The van der Waals surface area contributed by atoms with Crippen molar-refractivity contribution in [3.05, 3.63) is 35.9 Å². The molecule has 1 aliphatic rings. The van der Waals surface area contributed by atoms with Crippen LogP contribution in [0.2, 0.25) is 0 Å². The first kappa shape index (κ1) is 13.6. The smallest absolute Gasteiger partial charge is 0.222 e. The minimum atomic E-state index is -0.466. The van der Waals surface area contributed by atoms with Crippen molar-refractivity contribution >= 4 is 5.91 Å². The third-order valence-electron chi connectivity index (χ3n) is 3.26. The summed E-state index contributed by atoms with van der Waals surface area (Å²) in [4.78, 5) is 13.7. The van der Waals surface area contributed by atoms with Crippen LogP contribution in [-0.2, 0) is 16.0 Å². The molecule has 1 atom stereocenters. The molecule has 1 aromatic carbocycles. The van der Waals surface area contributed by atoms with E-state index in [1.54, 1.807) is 4.90 Å². The number of nitriles is 1. The lowest BCUT2D eigenvalue weighted by molar-refractivity contribution is -0.137. The molecule has 0 aliphatic carbocycles. The molecule has 1 amide bonds. The Morgan fingerprint density at radius 3 is 2.95 bits per heavy atom. The van der Waals surface area contributed by atoms with Crippen LogP contribution in [0.5, 0.6) is 0 Å². The zero-order valence-electron chi connectivity index (χ0n) is 10.9. The van der Waals surface area contributed by atoms with Gasteiger partial charge in [-0.3, -0.25) is 4.79 Å². The van der Waals surface area contributed by atoms with E-state index in [9.17, 15) is 4.79 Å². The fourth-order valence-electron chi connectivity index (χ4n) is 2.20. The van der Waals surface area contributed by atoms with Gasteiger partial charge in [-0.25, -0.2) is 0 Å². The van der Waals surface area contributed by atoms with Gasteiger partial charge in [0, 0.05) is 13.0 Å². The molecule has 2 rings (SSSR count). The summed E-state index contributed by atoms with van der Waals surface area (Å²) >= 11 is 0. The van der Waals surface area contributed by atoms with E-state index >= 15 is 0 Å². The number of carbonyl (C=O) groups excluding carboxylic acids is 1. The quantitative estimate of drug-likeness (QED) is 0.827. The van der Waals surface area contributed by atoms with Crippen LogP contribution in [0, 0.1) is 11.3 Å². The Morgan fingerprint density at radius 2 is 2.21 bits per heavy atom. The van der Waals surface area contributed by atoms with E-state index in [1.807, 2.05) is 18.2 Å². The van der Waals surface area contributed by atoms with Gasteiger partial charge in [0.25, 0.3) is 0 Å². The van der Waals surface area contributed by atoms with E-state index in [0.717, 1.165) is 12.8 Å². The molecule has 4 nitrogen and oxygen atoms in total. The molecule has 0 N–H and O–H groups in total. The summed E-state index contributed by atoms with van der Waals surface area (Å²) in [5.74, 6) is 0.125. The summed E-state index contributed by atoms with van der Waals surface area (Å²) in [6.45, 7) is 1.46. The van der Waals surface area contributed by atoms with Gasteiger partial charge in [0.1, 0.15) is 0 Å². The highest BCUT2D eigenvalue weighted by Crippen LogP contribution is 2.09. The van der Waals surface area contributed by atoms with E-state index in [-0.39, 0.29) is 5.91 Å². The number of ether oxygens (including phenoxy) is 1. The number of amides is 1. The number of hydrogen-bond acceptors (Lipinski definition) is 3. The van der Waals surface area contributed by atoms with E-state index in [4.69, 9.17) is 10.00 Å². The maximum atomic E-state index is 12.0. The van der Waals surface area contributed by atoms with Crippen molar-refractivity contribution in [3.8, 4) is 6.07 Å². The SMILES string of the molecule is N#CC1CN(C(=O)CCCc2ccccc2)CCO1. The average molecular weight is 258 g/mol. The zero-order valence-corrected chi connectivity index (χ0v) is 10.9. The van der Waals surface area contributed by atoms with Crippen LogP contribution >= 0.6 is 0 Å². The van der Waals surface area contributed by atoms with Crippen molar-refractivity contribution in [3.63, 3.8) is 0 Å². The number of morpholine rings is 1. The van der Waals surface area contributed by atoms with Crippen molar-refractivity contribution in [1.29, 1.82) is 5.26 Å². The Kier molecular flexibility index (Phi) is 4.93. The number of nitrogens with zero attached hydrogens (tertiary/aromatic N) is 2. The molecule has 1 heterocycles. The molecule has 1 aromatic rings. The van der Waals surface area contributed by atoms with Gasteiger partial charge in [-0.1, -0.05) is 30.3 Å². The lowest BCUT2D eigenvalue weighted by Crippen LogP contribution is -2.45. The third-order valence-corrected chi connectivity index (χ3v) is 3.26. The third kappa shape index (κ3) is 4.08. The molecule has 4 heteroatoms. The summed E-state index contributed by atoms with van der Waals surface area (Å²) < 4.78 is 5.23. The molecule has 1 unspecified atom stereocenters. The van der Waals surface area contributed by atoms with Crippen LogP contribution in [0.4, 0.5) is 0 Å². The molecule has 1 fully saturated rings. The highest BCUT2D eigenvalue weighted by molar-refractivity contribution is 5.76. The Bertz CT molecular complexity index is 453. The first-order chi connectivity index (χ1) is 9.29. The van der Waals surface area contributed by atoms with Gasteiger partial charge < -0.3 is 9.64 Å². The van der Waals surface area contributed by atoms with Gasteiger partial charge in [-0.15, -0.1) is 0 Å². The number of aryl methyl sites for hydroxylation is 1. The van der Waals surface area contributed by atoms with E-state index in [0.29, 0.717) is 26.1 Å². The van der Waals surface area contributed by atoms with Gasteiger partial charge in [0.15, 0.2) is 6.10 Å². The number of hydrogen-bond donors (Lipinski definition) is 0. The molecule has 100 valence electrons. The topological polar surface area (TPSA) is 53.3 Å². The van der Waals surface area contributed by atoms with Crippen molar-refractivity contribution in [2.45, 2.75) is 25.4 Å². The first-order valence-electron chi connectivity index (χ1n) is 6.62. The molecule has 1 aliphatic heterocycles. The van der Waals surface area contributed by atoms with Crippen LogP contribution in [0.1, 0.15) is 18.4 Å². The molecule has 0 aromatic heterocycles. The molecule has 19 heavy (non-hydrogen) atoms. The molecule has 0 saturated carbocycles. The second-order valence-corrected chi connectivity index (χ2v) is 4.67. The standard InChI is InChI=1S/C15H18N2O2/c16-11-14-12-17(9-10-19-14)15(18)8-4-7-13-5-2-1-3-6-13/h1-3,5-6,14H,4,7-10,12H2. The van der Waals surface area contributed by atoms with Crippen molar-refractivity contribution in [2.75, 3.05) is 19.7 Å². The van der Waals surface area contributed by atoms with Crippen LogP contribution < -0.4 is 0 Å². The fraction of sp³-hybridized carbons (Fsp3) is 0.467. The van der Waals surface area contributed by atoms with Crippen molar-refractivity contribution < 1.29 is 9.53 Å². The zero-order chi connectivity index (χ0) is 13.5. The second kappa shape index (κ2) is 6.91. The number of carbonyl (C=O) groups is 1. The first-order valence-corrected chi connectivity index (χ1v) is 6.62. The van der Waals surface area contributed by atoms with Gasteiger partial charge in [-0.2, -0.15) is 5.26 Å². The summed E-state index contributed by atoms with van der Waals surface area (Å²) in [5, 5.41) is 8.80. The minimum absolute atomic E-state index is 0.125. The van der Waals surface area contributed by atoms with Crippen molar-refractivity contribution in [1.82, 2.24) is 4.90 Å². The maximum Gasteiger partial charge on any atom is 0.222 e. The predicted molar refractivity (Wildman–Crippen MR) is 71.3 cm³/mol. The minimum Gasteiger partial charge on any atom is -0.360 e. The monoisotopic (exact) mass is 258 g/mol. The molecule has 0 bridgehead atoms. The van der Waals surface area contributed by atoms with Gasteiger partial charge in [-0.05, 0) is 18.4 Å². The lowest BCUT2D eigenvalue weighted by Gasteiger charge is -2.29. The Balaban J connectivity index is 1.74. The predicted octanol–water partition coefficient (Wildman–Crippen LogP) is 1.76.